The van der Waals surface area contributed by atoms with Crippen molar-refractivity contribution in [2.24, 2.45) is 5.92 Å². The monoisotopic (exact) mass is 699 g/mol. The summed E-state index contributed by atoms with van der Waals surface area (Å²) in [4.78, 5) is 11.5. The summed E-state index contributed by atoms with van der Waals surface area (Å²) >= 11 is 8.75. The largest absolute Gasteiger partial charge is 0.549 e. The zero-order valence-electron chi connectivity index (χ0n) is 9.68. The number of rotatable bonds is 4. The van der Waals surface area contributed by atoms with Crippen LogP contribution in [0.3, 0.4) is 0 Å². The molecule has 0 saturated heterocycles. The Bertz CT molecular complexity index is 419. The van der Waals surface area contributed by atoms with Crippen LogP contribution in [0.1, 0.15) is 13.8 Å². The van der Waals surface area contributed by atoms with Gasteiger partial charge < -0.3 is 14.6 Å². The van der Waals surface area contributed by atoms with Gasteiger partial charge in [0, 0.05) is 17.3 Å². The second-order valence-corrected chi connectivity index (χ2v) is 9.08. The lowest BCUT2D eigenvalue weighted by atomic mass is 9.84. The molecule has 1 rings (SSSR count). The summed E-state index contributed by atoms with van der Waals surface area (Å²) in [7, 11) is 0. The fourth-order valence-electron chi connectivity index (χ4n) is 1.85. The van der Waals surface area contributed by atoms with Crippen LogP contribution in [0.2, 0.25) is 0 Å². The van der Waals surface area contributed by atoms with Crippen molar-refractivity contribution in [2.45, 2.75) is 23.4 Å². The smallest absolute Gasteiger partial charge is 0.0920 e. The zero-order chi connectivity index (χ0) is 14.1. The average molecular weight is 699 g/mol. The van der Waals surface area contributed by atoms with Gasteiger partial charge in [-0.15, -0.1) is 0 Å². The molecule has 3 nitrogen and oxygen atoms in total. The van der Waals surface area contributed by atoms with E-state index in [1.807, 2.05) is 19.9 Å². The number of carbonyl (C=O) groups is 1. The number of halogens is 4. The lowest BCUT2D eigenvalue weighted by molar-refractivity contribution is -0.310. The van der Waals surface area contributed by atoms with E-state index in [0.29, 0.717) is 6.61 Å². The van der Waals surface area contributed by atoms with Crippen molar-refractivity contribution >= 4 is 96.3 Å². The van der Waals surface area contributed by atoms with E-state index in [1.165, 1.54) is 0 Å². The number of carboxylic acids is 1. The third-order valence-electron chi connectivity index (χ3n) is 2.75. The molecule has 0 aliphatic heterocycles. The lowest BCUT2D eigenvalue weighted by Crippen LogP contribution is -2.52. The van der Waals surface area contributed by atoms with Gasteiger partial charge in [-0.1, -0.05) is 22.6 Å². The van der Waals surface area contributed by atoms with Crippen LogP contribution in [0.4, 0.5) is 0 Å². The number of ether oxygens (including phenoxy) is 1. The van der Waals surface area contributed by atoms with Crippen molar-refractivity contribution in [2.75, 3.05) is 6.61 Å². The molecule has 0 spiro atoms. The molecule has 0 N–H and O–H groups in total. The van der Waals surface area contributed by atoms with E-state index in [9.17, 15) is 9.90 Å². The van der Waals surface area contributed by atoms with Gasteiger partial charge in [0.2, 0.25) is 0 Å². The fraction of sp³-hybridized carbons (Fsp3) is 0.545. The predicted molar refractivity (Wildman–Crippen MR) is 104 cm³/mol. The van der Waals surface area contributed by atoms with Crippen molar-refractivity contribution in [1.82, 2.24) is 0 Å². The van der Waals surface area contributed by atoms with Crippen LogP contribution in [0.5, 0.6) is 0 Å². The summed E-state index contributed by atoms with van der Waals surface area (Å²) in [5, 5.41) is 11.5. The maximum Gasteiger partial charge on any atom is 0.0920 e. The van der Waals surface area contributed by atoms with E-state index in [2.05, 4.69) is 90.4 Å². The maximum atomic E-state index is 11.5. The Morgan fingerprint density at radius 2 is 2.11 bits per heavy atom. The first-order valence-electron chi connectivity index (χ1n) is 5.21. The highest BCUT2D eigenvalue weighted by atomic mass is 127. The molecular formula is C11H11I4O3-. The number of allylic oxidation sites excluding steroid dienone is 2. The molecule has 18 heavy (non-hydrogen) atoms. The lowest BCUT2D eigenvalue weighted by Gasteiger charge is -2.43. The summed E-state index contributed by atoms with van der Waals surface area (Å²) in [6, 6.07) is 0. The molecule has 0 radical (unpaired) electrons. The molecule has 102 valence electrons. The molecular weight excluding hydrogens is 688 g/mol. The number of alkyl halides is 1. The first-order chi connectivity index (χ1) is 8.26. The first-order valence-corrected chi connectivity index (χ1v) is 9.52. The second-order valence-electron chi connectivity index (χ2n) is 3.81. The molecule has 0 aromatic heterocycles. The van der Waals surface area contributed by atoms with Gasteiger partial charge in [-0.25, -0.2) is 0 Å². The third-order valence-corrected chi connectivity index (χ3v) is 10.1. The van der Waals surface area contributed by atoms with E-state index in [0.717, 1.165) is 10.7 Å². The molecule has 0 bridgehead atoms. The summed E-state index contributed by atoms with van der Waals surface area (Å²) < 4.78 is 7.93. The van der Waals surface area contributed by atoms with Crippen molar-refractivity contribution in [3.05, 3.63) is 16.8 Å². The van der Waals surface area contributed by atoms with Gasteiger partial charge >= 0.3 is 0 Å². The highest BCUT2D eigenvalue weighted by Gasteiger charge is 2.49. The number of carbonyl (C=O) groups excluding carboxylic acids is 1. The summed E-state index contributed by atoms with van der Waals surface area (Å²) in [6.07, 6.45) is 1.71. The maximum absolute atomic E-state index is 11.5. The summed E-state index contributed by atoms with van der Waals surface area (Å²) in [6.45, 7) is 4.39. The Morgan fingerprint density at radius 1 is 1.56 bits per heavy atom. The minimum Gasteiger partial charge on any atom is -0.549 e. The number of hydrogen-bond acceptors (Lipinski definition) is 3. The molecule has 0 amide bonds. The van der Waals surface area contributed by atoms with Crippen LogP contribution in [0.25, 0.3) is 0 Å². The Hall–Kier alpha value is 1.83. The molecule has 0 fully saturated rings. The third kappa shape index (κ3) is 3.35. The van der Waals surface area contributed by atoms with E-state index < -0.39 is 15.3 Å². The predicted octanol–water partition coefficient (Wildman–Crippen LogP) is 3.37. The zero-order valence-corrected chi connectivity index (χ0v) is 18.3. The second kappa shape index (κ2) is 7.20. The minimum absolute atomic E-state index is 0.193. The van der Waals surface area contributed by atoms with E-state index in [1.54, 1.807) is 0 Å². The van der Waals surface area contributed by atoms with Crippen LogP contribution in [-0.2, 0) is 9.53 Å². The van der Waals surface area contributed by atoms with E-state index in [-0.39, 0.29) is 6.10 Å². The first kappa shape index (κ1) is 17.9. The SMILES string of the molecule is CCOC(C)C1(I)C(I)=C(I)C=C(I)C1C(=O)[O-]. The topological polar surface area (TPSA) is 49.4 Å². The quantitative estimate of drug-likeness (QED) is 0.335. The molecule has 0 saturated carbocycles. The van der Waals surface area contributed by atoms with Crippen molar-refractivity contribution < 1.29 is 14.6 Å². The van der Waals surface area contributed by atoms with Crippen LogP contribution in [-0.4, -0.2) is 22.1 Å². The fourth-order valence-corrected chi connectivity index (χ4v) is 7.36. The van der Waals surface area contributed by atoms with Crippen molar-refractivity contribution in [1.29, 1.82) is 0 Å². The highest BCUT2D eigenvalue weighted by molar-refractivity contribution is 14.1. The van der Waals surface area contributed by atoms with Gasteiger partial charge in [0.1, 0.15) is 0 Å². The molecule has 7 heteroatoms. The molecule has 0 aromatic carbocycles. The highest BCUT2D eigenvalue weighted by Crippen LogP contribution is 2.53. The van der Waals surface area contributed by atoms with Crippen LogP contribution in [0, 0.1) is 5.92 Å². The Balaban J connectivity index is 3.34. The molecule has 3 unspecified atom stereocenters. The molecule has 3 atom stereocenters. The number of hydrogen-bond donors (Lipinski definition) is 0. The normalized spacial score (nSPS) is 30.1. The van der Waals surface area contributed by atoms with Crippen LogP contribution < -0.4 is 5.11 Å². The van der Waals surface area contributed by atoms with Crippen LogP contribution >= 0.6 is 90.4 Å². The van der Waals surface area contributed by atoms with Gasteiger partial charge in [-0.05, 0) is 87.7 Å². The Kier molecular flexibility index (Phi) is 7.15. The standard InChI is InChI=1S/C11H12I4O3/c1-3-18-5(2)11(15)8(10(16)17)6(12)4-7(13)9(11)14/h4-5,8H,3H2,1-2H3,(H,16,17)/p-1. The number of aliphatic carboxylic acids is 1. The van der Waals surface area contributed by atoms with Gasteiger partial charge in [-0.2, -0.15) is 0 Å². The van der Waals surface area contributed by atoms with E-state index in [4.69, 9.17) is 4.74 Å². The average Bonchev–Trinajstić information content (AvgIpc) is 2.25. The molecule has 1 aliphatic carbocycles. The summed E-state index contributed by atoms with van der Waals surface area (Å²) in [5.41, 5.74) is 0. The Labute approximate surface area is 161 Å². The van der Waals surface area contributed by atoms with Crippen LogP contribution in [0.15, 0.2) is 16.8 Å². The van der Waals surface area contributed by atoms with Crippen molar-refractivity contribution in [3.63, 3.8) is 0 Å². The Morgan fingerprint density at radius 3 is 2.56 bits per heavy atom. The van der Waals surface area contributed by atoms with Gasteiger partial charge in [0.15, 0.2) is 0 Å². The van der Waals surface area contributed by atoms with E-state index >= 15 is 0 Å². The van der Waals surface area contributed by atoms with Crippen molar-refractivity contribution in [3.8, 4) is 0 Å². The molecule has 1 aliphatic rings. The summed E-state index contributed by atoms with van der Waals surface area (Å²) in [5.74, 6) is -1.71. The number of carboxylic acid groups (broad SMARTS) is 1. The molecule has 0 aromatic rings. The minimum atomic E-state index is -1.05. The van der Waals surface area contributed by atoms with Gasteiger partial charge in [0.05, 0.1) is 21.4 Å². The van der Waals surface area contributed by atoms with Gasteiger partial charge in [0.25, 0.3) is 0 Å². The molecule has 0 heterocycles. The van der Waals surface area contributed by atoms with Gasteiger partial charge in [-0.3, -0.25) is 0 Å².